The van der Waals surface area contributed by atoms with Gasteiger partial charge in [0.05, 0.1) is 14.2 Å². The largest absolute Gasteiger partial charge is 0.467 e. The fourth-order valence-corrected chi connectivity index (χ4v) is 2.39. The number of hydrogen-bond acceptors (Lipinski definition) is 7. The molecule has 7 heteroatoms. The van der Waals surface area contributed by atoms with Crippen LogP contribution in [-0.2, 0) is 0 Å². The molecule has 0 radical (unpaired) electrons. The molecule has 0 amide bonds. The zero-order valence-corrected chi connectivity index (χ0v) is 12.6. The average molecular weight is 281 g/mol. The second-order valence-electron chi connectivity index (χ2n) is 4.84. The van der Waals surface area contributed by atoms with Gasteiger partial charge in [0.1, 0.15) is 0 Å². The summed E-state index contributed by atoms with van der Waals surface area (Å²) in [6.45, 7) is 6.16. The van der Waals surface area contributed by atoms with Crippen molar-refractivity contribution in [3.8, 4) is 12.0 Å². The second-order valence-corrected chi connectivity index (χ2v) is 4.84. The minimum absolute atomic E-state index is 0.285. The monoisotopic (exact) mass is 281 g/mol. The van der Waals surface area contributed by atoms with Crippen LogP contribution in [0.25, 0.3) is 0 Å². The summed E-state index contributed by atoms with van der Waals surface area (Å²) in [5, 5.41) is 3.55. The lowest BCUT2D eigenvalue weighted by molar-refractivity contribution is 0.332. The van der Waals surface area contributed by atoms with Crippen LogP contribution in [-0.4, -0.2) is 54.3 Å². The normalized spacial score (nSPS) is 22.7. The van der Waals surface area contributed by atoms with Gasteiger partial charge in [-0.3, -0.25) is 0 Å². The van der Waals surface area contributed by atoms with Crippen LogP contribution in [0.5, 0.6) is 12.0 Å². The number of anilines is 1. The molecule has 1 saturated heterocycles. The summed E-state index contributed by atoms with van der Waals surface area (Å²) >= 11 is 0. The number of methoxy groups -OCH3 is 2. The highest BCUT2D eigenvalue weighted by Crippen LogP contribution is 2.22. The van der Waals surface area contributed by atoms with E-state index < -0.39 is 0 Å². The molecule has 1 N–H and O–H groups in total. The fraction of sp³-hybridized carbons (Fsp3) is 0.769. The summed E-state index contributed by atoms with van der Waals surface area (Å²) < 4.78 is 10.3. The number of piperazine rings is 1. The Morgan fingerprint density at radius 2 is 1.75 bits per heavy atom. The van der Waals surface area contributed by atoms with Gasteiger partial charge < -0.3 is 19.7 Å². The van der Waals surface area contributed by atoms with Crippen molar-refractivity contribution in [2.75, 3.05) is 32.2 Å². The van der Waals surface area contributed by atoms with Gasteiger partial charge in [-0.05, 0) is 12.8 Å². The second kappa shape index (κ2) is 6.69. The van der Waals surface area contributed by atoms with Crippen LogP contribution in [0.1, 0.15) is 26.7 Å². The summed E-state index contributed by atoms with van der Waals surface area (Å²) in [6.07, 6.45) is 2.10. The number of hydrogen-bond donors (Lipinski definition) is 1. The van der Waals surface area contributed by atoms with Crippen molar-refractivity contribution in [2.24, 2.45) is 0 Å². The van der Waals surface area contributed by atoms with Gasteiger partial charge in [0.15, 0.2) is 0 Å². The van der Waals surface area contributed by atoms with Gasteiger partial charge in [0.2, 0.25) is 5.95 Å². The Bertz CT molecular complexity index is 421. The maximum absolute atomic E-state index is 5.13. The van der Waals surface area contributed by atoms with E-state index >= 15 is 0 Å². The van der Waals surface area contributed by atoms with Crippen LogP contribution in [0, 0.1) is 0 Å². The first-order chi connectivity index (χ1) is 9.71. The molecule has 20 heavy (non-hydrogen) atoms. The first-order valence-corrected chi connectivity index (χ1v) is 7.05. The van der Waals surface area contributed by atoms with Crippen molar-refractivity contribution in [1.29, 1.82) is 0 Å². The third kappa shape index (κ3) is 3.09. The van der Waals surface area contributed by atoms with Crippen molar-refractivity contribution in [3.63, 3.8) is 0 Å². The van der Waals surface area contributed by atoms with Gasteiger partial charge >= 0.3 is 12.0 Å². The van der Waals surface area contributed by atoms with E-state index in [2.05, 4.69) is 39.0 Å². The Kier molecular flexibility index (Phi) is 4.94. The van der Waals surface area contributed by atoms with E-state index in [4.69, 9.17) is 9.47 Å². The van der Waals surface area contributed by atoms with Gasteiger partial charge in [-0.2, -0.15) is 9.97 Å². The number of rotatable bonds is 5. The molecule has 2 unspecified atom stereocenters. The molecule has 0 bridgehead atoms. The highest BCUT2D eigenvalue weighted by molar-refractivity contribution is 5.35. The molecule has 2 heterocycles. The van der Waals surface area contributed by atoms with Crippen LogP contribution >= 0.6 is 0 Å². The van der Waals surface area contributed by atoms with E-state index in [-0.39, 0.29) is 12.0 Å². The summed E-state index contributed by atoms with van der Waals surface area (Å²) in [5.41, 5.74) is 0. The zero-order chi connectivity index (χ0) is 14.5. The number of aromatic nitrogens is 3. The molecule has 0 aliphatic carbocycles. The molecular weight excluding hydrogens is 258 g/mol. The molecule has 0 saturated carbocycles. The topological polar surface area (TPSA) is 72.4 Å². The summed E-state index contributed by atoms with van der Waals surface area (Å²) in [5.74, 6) is 0.625. The number of nitrogens with zero attached hydrogens (tertiary/aromatic N) is 4. The zero-order valence-electron chi connectivity index (χ0n) is 12.6. The van der Waals surface area contributed by atoms with E-state index in [0.717, 1.165) is 25.9 Å². The molecule has 0 aromatic carbocycles. The van der Waals surface area contributed by atoms with E-state index in [9.17, 15) is 0 Å². The Labute approximate surface area is 119 Å². The van der Waals surface area contributed by atoms with Crippen LogP contribution < -0.4 is 19.7 Å². The molecule has 112 valence electrons. The predicted octanol–water partition coefficient (Wildman–Crippen LogP) is 0.856. The lowest BCUT2D eigenvalue weighted by Crippen LogP contribution is -2.56. The van der Waals surface area contributed by atoms with Crippen LogP contribution in [0.2, 0.25) is 0 Å². The molecule has 0 spiro atoms. The SMILES string of the molecule is CCC1CN(c2nc(OC)nc(OC)n2)C(CC)CN1. The average Bonchev–Trinajstić information content (AvgIpc) is 2.53. The Morgan fingerprint density at radius 1 is 1.10 bits per heavy atom. The van der Waals surface area contributed by atoms with Gasteiger partial charge in [0, 0.05) is 25.2 Å². The van der Waals surface area contributed by atoms with Gasteiger partial charge in [-0.1, -0.05) is 13.8 Å². The van der Waals surface area contributed by atoms with Gasteiger partial charge in [0.25, 0.3) is 0 Å². The van der Waals surface area contributed by atoms with E-state index in [1.54, 1.807) is 14.2 Å². The van der Waals surface area contributed by atoms with E-state index in [1.807, 2.05) is 0 Å². The molecule has 1 aliphatic rings. The van der Waals surface area contributed by atoms with Crippen molar-refractivity contribution >= 4 is 5.95 Å². The standard InChI is InChI=1S/C13H23N5O2/c1-5-9-8-18(10(6-2)7-14-9)11-15-12(19-3)17-13(16-11)20-4/h9-10,14H,5-8H2,1-4H3. The van der Waals surface area contributed by atoms with Crippen LogP contribution in [0.3, 0.4) is 0 Å². The molecule has 7 nitrogen and oxygen atoms in total. The smallest absolute Gasteiger partial charge is 0.324 e. The van der Waals surface area contributed by atoms with Gasteiger partial charge in [-0.25, -0.2) is 0 Å². The number of ether oxygens (including phenoxy) is 2. The number of nitrogens with one attached hydrogen (secondary N) is 1. The molecule has 1 aromatic heterocycles. The molecule has 2 rings (SSSR count). The summed E-state index contributed by atoms with van der Waals surface area (Å²) in [7, 11) is 3.09. The summed E-state index contributed by atoms with van der Waals surface area (Å²) in [6, 6.07) is 1.39. The summed E-state index contributed by atoms with van der Waals surface area (Å²) in [4.78, 5) is 15.0. The Balaban J connectivity index is 2.30. The molecule has 2 atom stereocenters. The van der Waals surface area contributed by atoms with E-state index in [0.29, 0.717) is 18.0 Å². The van der Waals surface area contributed by atoms with E-state index in [1.165, 1.54) is 0 Å². The Hall–Kier alpha value is -1.63. The third-order valence-corrected chi connectivity index (χ3v) is 3.67. The molecule has 1 aromatic rings. The highest BCUT2D eigenvalue weighted by Gasteiger charge is 2.28. The quantitative estimate of drug-likeness (QED) is 0.858. The predicted molar refractivity (Wildman–Crippen MR) is 76.4 cm³/mol. The maximum atomic E-state index is 5.13. The molecule has 1 fully saturated rings. The van der Waals surface area contributed by atoms with Crippen molar-refractivity contribution in [2.45, 2.75) is 38.8 Å². The maximum Gasteiger partial charge on any atom is 0.324 e. The van der Waals surface area contributed by atoms with Crippen molar-refractivity contribution in [3.05, 3.63) is 0 Å². The third-order valence-electron chi connectivity index (χ3n) is 3.67. The molecule has 1 aliphatic heterocycles. The van der Waals surface area contributed by atoms with Crippen LogP contribution in [0.4, 0.5) is 5.95 Å². The first-order valence-electron chi connectivity index (χ1n) is 7.05. The lowest BCUT2D eigenvalue weighted by atomic mass is 10.1. The Morgan fingerprint density at radius 3 is 2.25 bits per heavy atom. The van der Waals surface area contributed by atoms with Gasteiger partial charge in [-0.15, -0.1) is 4.98 Å². The highest BCUT2D eigenvalue weighted by atomic mass is 16.5. The van der Waals surface area contributed by atoms with Crippen molar-refractivity contribution in [1.82, 2.24) is 20.3 Å². The molecular formula is C13H23N5O2. The lowest BCUT2D eigenvalue weighted by Gasteiger charge is -2.39. The fourth-order valence-electron chi connectivity index (χ4n) is 2.39. The minimum Gasteiger partial charge on any atom is -0.467 e. The van der Waals surface area contributed by atoms with Crippen molar-refractivity contribution < 1.29 is 9.47 Å². The minimum atomic E-state index is 0.285. The van der Waals surface area contributed by atoms with Crippen LogP contribution in [0.15, 0.2) is 0 Å². The first kappa shape index (κ1) is 14.8.